The number of hydrogen-bond donors (Lipinski definition) is 2. The molecular formula is C15H16BrN3O3. The Balaban J connectivity index is 2.00. The molecule has 1 fully saturated rings. The number of nitrogens with one attached hydrogen (secondary N) is 1. The molecule has 0 bridgehead atoms. The number of aromatic amines is 1. The molecule has 1 amide bonds. The Bertz CT molecular complexity index is 768. The molecule has 0 spiro atoms. The summed E-state index contributed by atoms with van der Waals surface area (Å²) in [4.78, 5) is 25.8. The predicted molar refractivity (Wildman–Crippen MR) is 84.7 cm³/mol. The Hall–Kier alpha value is -1.89. The second-order valence-corrected chi connectivity index (χ2v) is 7.12. The summed E-state index contributed by atoms with van der Waals surface area (Å²) in [7, 11) is 0. The van der Waals surface area contributed by atoms with E-state index in [-0.39, 0.29) is 5.91 Å². The van der Waals surface area contributed by atoms with E-state index in [2.05, 4.69) is 26.1 Å². The maximum atomic E-state index is 12.8. The number of carbonyl (C=O) groups excluding carboxylic acids is 1. The number of hydrogen-bond acceptors (Lipinski definition) is 3. The van der Waals surface area contributed by atoms with E-state index in [0.717, 1.165) is 15.4 Å². The monoisotopic (exact) mass is 365 g/mol. The van der Waals surface area contributed by atoms with E-state index in [1.165, 1.54) is 4.90 Å². The number of halogens is 1. The van der Waals surface area contributed by atoms with Crippen LogP contribution in [-0.4, -0.2) is 44.7 Å². The zero-order valence-electron chi connectivity index (χ0n) is 12.3. The Morgan fingerprint density at radius 3 is 2.86 bits per heavy atom. The number of carboxylic acid groups (broad SMARTS) is 1. The van der Waals surface area contributed by atoms with Crippen LogP contribution in [0.4, 0.5) is 0 Å². The third-order valence-electron chi connectivity index (χ3n) is 4.29. The number of carbonyl (C=O) groups is 2. The second kappa shape index (κ2) is 5.08. The molecule has 1 aliphatic heterocycles. The van der Waals surface area contributed by atoms with Gasteiger partial charge < -0.3 is 10.0 Å². The highest BCUT2D eigenvalue weighted by Gasteiger charge is 2.47. The molecule has 1 atom stereocenters. The molecule has 2 heterocycles. The summed E-state index contributed by atoms with van der Waals surface area (Å²) in [5.74, 6) is -1.22. The number of rotatable bonds is 2. The smallest absolute Gasteiger partial charge is 0.326 e. The van der Waals surface area contributed by atoms with Crippen molar-refractivity contribution >= 4 is 38.7 Å². The van der Waals surface area contributed by atoms with Crippen molar-refractivity contribution in [1.82, 2.24) is 15.1 Å². The third-order valence-corrected chi connectivity index (χ3v) is 4.92. The fraction of sp³-hybridized carbons (Fsp3) is 0.400. The standard InChI is InChI=1S/C15H16BrN3O3/c1-15(2)3-4-19(12(15)14(21)22)13(20)8-5-9-7-17-18-11(9)10(16)6-8/h5-7,12H,3-4H2,1-2H3,(H,17,18)(H,21,22). The Morgan fingerprint density at radius 2 is 2.18 bits per heavy atom. The molecule has 0 saturated carbocycles. The van der Waals surface area contributed by atoms with Gasteiger partial charge in [-0.25, -0.2) is 4.79 Å². The number of aromatic nitrogens is 2. The number of benzene rings is 1. The number of aliphatic carboxylic acids is 1. The summed E-state index contributed by atoms with van der Waals surface area (Å²) in [6.07, 6.45) is 2.31. The minimum Gasteiger partial charge on any atom is -0.480 e. The zero-order valence-corrected chi connectivity index (χ0v) is 13.8. The Morgan fingerprint density at radius 1 is 1.45 bits per heavy atom. The Kier molecular flexibility index (Phi) is 3.47. The van der Waals surface area contributed by atoms with Crippen molar-refractivity contribution in [3.05, 3.63) is 28.4 Å². The quantitative estimate of drug-likeness (QED) is 0.856. The number of nitrogens with zero attached hydrogens (tertiary/aromatic N) is 2. The fourth-order valence-electron chi connectivity index (χ4n) is 3.09. The molecule has 1 unspecified atom stereocenters. The molecular weight excluding hydrogens is 350 g/mol. The van der Waals surface area contributed by atoms with Gasteiger partial charge in [-0.3, -0.25) is 9.89 Å². The average Bonchev–Trinajstić information content (AvgIpc) is 3.01. The van der Waals surface area contributed by atoms with E-state index < -0.39 is 17.4 Å². The number of carboxylic acids is 1. The molecule has 2 N–H and O–H groups in total. The van der Waals surface area contributed by atoms with Gasteiger partial charge in [0.1, 0.15) is 6.04 Å². The van der Waals surface area contributed by atoms with Crippen LogP contribution in [-0.2, 0) is 4.79 Å². The van der Waals surface area contributed by atoms with Crippen molar-refractivity contribution in [2.24, 2.45) is 5.41 Å². The molecule has 6 nitrogen and oxygen atoms in total. The summed E-state index contributed by atoms with van der Waals surface area (Å²) in [5, 5.41) is 17.1. The van der Waals surface area contributed by atoms with Gasteiger partial charge in [-0.1, -0.05) is 13.8 Å². The molecule has 1 aromatic heterocycles. The van der Waals surface area contributed by atoms with Gasteiger partial charge >= 0.3 is 5.97 Å². The molecule has 1 aliphatic rings. The Labute approximate surface area is 135 Å². The van der Waals surface area contributed by atoms with E-state index in [1.54, 1.807) is 18.3 Å². The van der Waals surface area contributed by atoms with E-state index in [1.807, 2.05) is 13.8 Å². The molecule has 0 aliphatic carbocycles. The highest BCUT2D eigenvalue weighted by atomic mass is 79.9. The molecule has 7 heteroatoms. The first kappa shape index (κ1) is 15.0. The van der Waals surface area contributed by atoms with Crippen molar-refractivity contribution in [3.8, 4) is 0 Å². The lowest BCUT2D eigenvalue weighted by Gasteiger charge is -2.29. The van der Waals surface area contributed by atoms with Crippen molar-refractivity contribution in [1.29, 1.82) is 0 Å². The van der Waals surface area contributed by atoms with Crippen LogP contribution in [0.25, 0.3) is 10.9 Å². The van der Waals surface area contributed by atoms with Crippen LogP contribution in [0.5, 0.6) is 0 Å². The molecule has 116 valence electrons. The number of amides is 1. The second-order valence-electron chi connectivity index (χ2n) is 6.27. The summed E-state index contributed by atoms with van der Waals surface area (Å²) in [6.45, 7) is 4.21. The minimum absolute atomic E-state index is 0.262. The van der Waals surface area contributed by atoms with E-state index >= 15 is 0 Å². The first-order valence-electron chi connectivity index (χ1n) is 6.97. The normalized spacial score (nSPS) is 20.5. The fourth-order valence-corrected chi connectivity index (χ4v) is 3.65. The molecule has 2 aromatic rings. The van der Waals surface area contributed by atoms with Gasteiger partial charge in [0.15, 0.2) is 0 Å². The van der Waals surface area contributed by atoms with E-state index in [0.29, 0.717) is 18.5 Å². The minimum atomic E-state index is -0.959. The lowest BCUT2D eigenvalue weighted by Crippen LogP contribution is -2.46. The van der Waals surface area contributed by atoms with Crippen molar-refractivity contribution in [2.45, 2.75) is 26.3 Å². The highest BCUT2D eigenvalue weighted by Crippen LogP contribution is 2.37. The lowest BCUT2D eigenvalue weighted by atomic mass is 9.85. The molecule has 3 rings (SSSR count). The first-order valence-corrected chi connectivity index (χ1v) is 7.77. The number of H-pyrrole nitrogens is 1. The third kappa shape index (κ3) is 2.29. The maximum absolute atomic E-state index is 12.8. The zero-order chi connectivity index (χ0) is 16.1. The average molecular weight is 366 g/mol. The van der Waals surface area contributed by atoms with Crippen LogP contribution in [0.2, 0.25) is 0 Å². The van der Waals surface area contributed by atoms with Crippen LogP contribution >= 0.6 is 15.9 Å². The van der Waals surface area contributed by atoms with Crippen LogP contribution in [0, 0.1) is 5.41 Å². The van der Waals surface area contributed by atoms with Crippen LogP contribution in [0.1, 0.15) is 30.6 Å². The van der Waals surface area contributed by atoms with Gasteiger partial charge in [-0.05, 0) is 39.9 Å². The highest BCUT2D eigenvalue weighted by molar-refractivity contribution is 9.10. The summed E-state index contributed by atoms with van der Waals surface area (Å²) >= 11 is 3.41. The van der Waals surface area contributed by atoms with Gasteiger partial charge in [0.2, 0.25) is 0 Å². The van der Waals surface area contributed by atoms with E-state index in [9.17, 15) is 14.7 Å². The number of likely N-dealkylation sites (tertiary alicyclic amines) is 1. The van der Waals surface area contributed by atoms with Crippen LogP contribution in [0.3, 0.4) is 0 Å². The largest absolute Gasteiger partial charge is 0.480 e. The summed E-state index contributed by atoms with van der Waals surface area (Å²) < 4.78 is 0.733. The molecule has 1 saturated heterocycles. The lowest BCUT2D eigenvalue weighted by molar-refractivity contribution is -0.144. The van der Waals surface area contributed by atoms with Gasteiger partial charge in [0.25, 0.3) is 5.91 Å². The SMILES string of the molecule is CC1(C)CCN(C(=O)c2cc(Br)c3[nH]ncc3c2)C1C(=O)O. The van der Waals surface area contributed by atoms with Crippen molar-refractivity contribution < 1.29 is 14.7 Å². The number of fused-ring (bicyclic) bond motifs is 1. The van der Waals surface area contributed by atoms with Gasteiger partial charge in [0, 0.05) is 22.0 Å². The first-order chi connectivity index (χ1) is 10.3. The molecule has 0 radical (unpaired) electrons. The summed E-state index contributed by atoms with van der Waals surface area (Å²) in [5.41, 5.74) is 0.844. The van der Waals surface area contributed by atoms with Gasteiger partial charge in [-0.2, -0.15) is 5.10 Å². The predicted octanol–water partition coefficient (Wildman–Crippen LogP) is 2.65. The van der Waals surface area contributed by atoms with Crippen LogP contribution < -0.4 is 0 Å². The van der Waals surface area contributed by atoms with Crippen LogP contribution in [0.15, 0.2) is 22.8 Å². The topological polar surface area (TPSA) is 86.3 Å². The van der Waals surface area contributed by atoms with Gasteiger partial charge in [0.05, 0.1) is 11.7 Å². The van der Waals surface area contributed by atoms with Gasteiger partial charge in [-0.15, -0.1) is 0 Å². The summed E-state index contributed by atoms with van der Waals surface area (Å²) in [6, 6.07) is 2.63. The van der Waals surface area contributed by atoms with Crippen molar-refractivity contribution in [3.63, 3.8) is 0 Å². The van der Waals surface area contributed by atoms with Crippen molar-refractivity contribution in [2.75, 3.05) is 6.54 Å². The maximum Gasteiger partial charge on any atom is 0.326 e. The van der Waals surface area contributed by atoms with E-state index in [4.69, 9.17) is 0 Å². The molecule has 22 heavy (non-hydrogen) atoms. The molecule has 1 aromatic carbocycles.